The highest BCUT2D eigenvalue weighted by molar-refractivity contribution is 5.62. The van der Waals surface area contributed by atoms with E-state index < -0.39 is 6.16 Å². The Kier molecular flexibility index (Phi) is 4.07. The number of cyclic esters (lactones) is 1. The average Bonchev–Trinajstić information content (AvgIpc) is 3.29. The van der Waals surface area contributed by atoms with Gasteiger partial charge >= 0.3 is 6.16 Å². The van der Waals surface area contributed by atoms with Crippen LogP contribution < -0.4 is 4.90 Å². The molecule has 3 saturated heterocycles. The summed E-state index contributed by atoms with van der Waals surface area (Å²) in [6, 6.07) is 7.76. The summed E-state index contributed by atoms with van der Waals surface area (Å²) in [4.78, 5) is 16.4. The fraction of sp³-hybridized carbons (Fsp3) is 0.667. The molecule has 0 saturated carbocycles. The Morgan fingerprint density at radius 2 is 1.77 bits per heavy atom. The number of carbonyl (C=O) groups is 1. The molecule has 3 aliphatic heterocycles. The van der Waals surface area contributed by atoms with Crippen LogP contribution in [0.15, 0.2) is 18.2 Å². The third-order valence-corrected chi connectivity index (χ3v) is 6.89. The second kappa shape index (κ2) is 6.45. The van der Waals surface area contributed by atoms with Crippen molar-refractivity contribution in [1.29, 1.82) is 0 Å². The quantitative estimate of drug-likeness (QED) is 0.762. The lowest BCUT2D eigenvalue weighted by Crippen LogP contribution is -2.52. The number of aryl methyl sites for hydroxylation is 2. The van der Waals surface area contributed by atoms with Crippen LogP contribution in [0.4, 0.5) is 10.5 Å². The molecule has 0 aromatic heterocycles. The molecule has 1 aliphatic carbocycles. The predicted octanol–water partition coefficient (Wildman–Crippen LogP) is 3.15. The third-order valence-electron chi connectivity index (χ3n) is 6.89. The van der Waals surface area contributed by atoms with E-state index in [-0.39, 0.29) is 5.60 Å². The summed E-state index contributed by atoms with van der Waals surface area (Å²) in [5.74, 6) is 0. The van der Waals surface area contributed by atoms with E-state index in [1.165, 1.54) is 37.8 Å². The minimum Gasteiger partial charge on any atom is -0.430 e. The maximum absolute atomic E-state index is 11.3. The van der Waals surface area contributed by atoms with Crippen molar-refractivity contribution in [2.45, 2.75) is 56.6 Å². The Morgan fingerprint density at radius 3 is 2.50 bits per heavy atom. The normalized spacial score (nSPS) is 26.0. The van der Waals surface area contributed by atoms with Crippen molar-refractivity contribution < 1.29 is 14.3 Å². The van der Waals surface area contributed by atoms with Crippen molar-refractivity contribution >= 4 is 11.8 Å². The minimum absolute atomic E-state index is 0.335. The molecule has 3 fully saturated rings. The van der Waals surface area contributed by atoms with Gasteiger partial charge in [0.1, 0.15) is 6.61 Å². The van der Waals surface area contributed by atoms with E-state index >= 15 is 0 Å². The standard InChI is InChI=1S/C21H28N2O3/c24-20-25-15-21(26-20)8-12-23(13-9-21)18-6-10-22(11-7-18)19-5-4-16-2-1-3-17(16)14-19/h4-5,14,18H,1-3,6-13,15H2. The zero-order valence-electron chi connectivity index (χ0n) is 15.4. The Hall–Kier alpha value is -1.75. The molecule has 1 spiro atoms. The highest BCUT2D eigenvalue weighted by Crippen LogP contribution is 2.34. The van der Waals surface area contributed by atoms with E-state index in [9.17, 15) is 4.79 Å². The topological polar surface area (TPSA) is 42.0 Å². The lowest BCUT2D eigenvalue weighted by molar-refractivity contribution is -0.0133. The third kappa shape index (κ3) is 2.96. The first-order valence-corrected chi connectivity index (χ1v) is 10.2. The molecule has 0 bridgehead atoms. The number of rotatable bonds is 2. The van der Waals surface area contributed by atoms with E-state index in [2.05, 4.69) is 28.0 Å². The molecule has 1 aromatic carbocycles. The maximum Gasteiger partial charge on any atom is 0.509 e. The summed E-state index contributed by atoms with van der Waals surface area (Å²) >= 11 is 0. The van der Waals surface area contributed by atoms with Gasteiger partial charge in [-0.05, 0) is 55.4 Å². The van der Waals surface area contributed by atoms with Crippen molar-refractivity contribution in [2.75, 3.05) is 37.7 Å². The first-order chi connectivity index (χ1) is 12.7. The van der Waals surface area contributed by atoms with E-state index in [0.29, 0.717) is 12.6 Å². The largest absolute Gasteiger partial charge is 0.509 e. The van der Waals surface area contributed by atoms with Crippen LogP contribution in [0.25, 0.3) is 0 Å². The van der Waals surface area contributed by atoms with Gasteiger partial charge in [-0.25, -0.2) is 4.79 Å². The first kappa shape index (κ1) is 16.4. The fourth-order valence-electron chi connectivity index (χ4n) is 5.21. The predicted molar refractivity (Wildman–Crippen MR) is 99.7 cm³/mol. The highest BCUT2D eigenvalue weighted by atomic mass is 16.8. The highest BCUT2D eigenvalue weighted by Gasteiger charge is 2.45. The van der Waals surface area contributed by atoms with Crippen LogP contribution >= 0.6 is 0 Å². The summed E-state index contributed by atoms with van der Waals surface area (Å²) in [6.07, 6.45) is 7.60. The summed E-state index contributed by atoms with van der Waals surface area (Å²) in [5.41, 5.74) is 4.21. The van der Waals surface area contributed by atoms with E-state index in [1.807, 2.05) is 0 Å². The van der Waals surface area contributed by atoms with Crippen LogP contribution in [0.2, 0.25) is 0 Å². The van der Waals surface area contributed by atoms with Gasteiger partial charge < -0.3 is 14.4 Å². The number of benzene rings is 1. The molecule has 0 radical (unpaired) electrons. The number of hydrogen-bond donors (Lipinski definition) is 0. The van der Waals surface area contributed by atoms with Gasteiger partial charge in [0.15, 0.2) is 5.60 Å². The molecule has 0 atom stereocenters. The molecule has 5 rings (SSSR count). The van der Waals surface area contributed by atoms with Crippen molar-refractivity contribution in [1.82, 2.24) is 4.90 Å². The number of piperidine rings is 2. The number of fused-ring (bicyclic) bond motifs is 1. The number of hydrogen-bond acceptors (Lipinski definition) is 5. The number of likely N-dealkylation sites (tertiary alicyclic amines) is 1. The molecule has 140 valence electrons. The number of carbonyl (C=O) groups excluding carboxylic acids is 1. The van der Waals surface area contributed by atoms with Crippen LogP contribution in [-0.4, -0.2) is 55.5 Å². The van der Waals surface area contributed by atoms with E-state index in [0.717, 1.165) is 39.0 Å². The number of nitrogens with zero attached hydrogens (tertiary/aromatic N) is 2. The summed E-state index contributed by atoms with van der Waals surface area (Å²) < 4.78 is 10.5. The molecule has 0 N–H and O–H groups in total. The summed E-state index contributed by atoms with van der Waals surface area (Å²) in [6.45, 7) is 4.75. The van der Waals surface area contributed by atoms with Gasteiger partial charge in [0.05, 0.1) is 0 Å². The second-order valence-corrected chi connectivity index (χ2v) is 8.38. The monoisotopic (exact) mass is 356 g/mol. The van der Waals surface area contributed by atoms with Crippen LogP contribution in [0.1, 0.15) is 43.2 Å². The van der Waals surface area contributed by atoms with Crippen molar-refractivity contribution in [3.8, 4) is 0 Å². The van der Waals surface area contributed by atoms with Crippen LogP contribution in [0.3, 0.4) is 0 Å². The van der Waals surface area contributed by atoms with Crippen LogP contribution in [-0.2, 0) is 22.3 Å². The van der Waals surface area contributed by atoms with E-state index in [4.69, 9.17) is 9.47 Å². The number of anilines is 1. The molecule has 0 amide bonds. The maximum atomic E-state index is 11.3. The van der Waals surface area contributed by atoms with Gasteiger partial charge in [-0.1, -0.05) is 6.07 Å². The van der Waals surface area contributed by atoms with Crippen molar-refractivity contribution in [2.24, 2.45) is 0 Å². The van der Waals surface area contributed by atoms with Crippen molar-refractivity contribution in [3.05, 3.63) is 29.3 Å². The first-order valence-electron chi connectivity index (χ1n) is 10.2. The fourth-order valence-corrected chi connectivity index (χ4v) is 5.21. The minimum atomic E-state index is -0.485. The van der Waals surface area contributed by atoms with Crippen LogP contribution in [0.5, 0.6) is 0 Å². The molecule has 5 nitrogen and oxygen atoms in total. The average molecular weight is 356 g/mol. The van der Waals surface area contributed by atoms with Gasteiger partial charge in [-0.2, -0.15) is 0 Å². The number of ether oxygens (including phenoxy) is 2. The molecular weight excluding hydrogens is 328 g/mol. The Balaban J connectivity index is 1.16. The molecule has 1 aromatic rings. The Bertz CT molecular complexity index is 688. The van der Waals surface area contributed by atoms with Gasteiger partial charge in [-0.3, -0.25) is 4.90 Å². The molecule has 5 heteroatoms. The van der Waals surface area contributed by atoms with E-state index in [1.54, 1.807) is 11.1 Å². The summed E-state index contributed by atoms with van der Waals surface area (Å²) in [7, 11) is 0. The lowest BCUT2D eigenvalue weighted by atomic mass is 9.90. The van der Waals surface area contributed by atoms with Gasteiger partial charge in [0.2, 0.25) is 0 Å². The van der Waals surface area contributed by atoms with Crippen LogP contribution in [0, 0.1) is 0 Å². The van der Waals surface area contributed by atoms with Gasteiger partial charge in [0.25, 0.3) is 0 Å². The van der Waals surface area contributed by atoms with Crippen molar-refractivity contribution in [3.63, 3.8) is 0 Å². The molecule has 3 heterocycles. The summed E-state index contributed by atoms with van der Waals surface area (Å²) in [5, 5.41) is 0. The van der Waals surface area contributed by atoms with Gasteiger partial charge in [0, 0.05) is 50.7 Å². The SMILES string of the molecule is O=C1OCC2(CCN(C3CCN(c4ccc5c(c4)CCC5)CC3)CC2)O1. The lowest BCUT2D eigenvalue weighted by Gasteiger charge is -2.44. The Labute approximate surface area is 155 Å². The molecule has 0 unspecified atom stereocenters. The zero-order chi connectivity index (χ0) is 17.6. The van der Waals surface area contributed by atoms with Gasteiger partial charge in [-0.15, -0.1) is 0 Å². The smallest absolute Gasteiger partial charge is 0.430 e. The molecule has 4 aliphatic rings. The second-order valence-electron chi connectivity index (χ2n) is 8.38. The molecule has 26 heavy (non-hydrogen) atoms. The molecular formula is C21H28N2O3. The zero-order valence-corrected chi connectivity index (χ0v) is 15.4. The Morgan fingerprint density at radius 1 is 1.00 bits per heavy atom.